The highest BCUT2D eigenvalue weighted by Gasteiger charge is 2.10. The van der Waals surface area contributed by atoms with Gasteiger partial charge in [-0.25, -0.2) is 5.43 Å². The second-order valence-electron chi connectivity index (χ2n) is 3.87. The van der Waals surface area contributed by atoms with Crippen molar-refractivity contribution in [2.24, 2.45) is 10.8 Å². The molecule has 0 fully saturated rings. The second kappa shape index (κ2) is 6.24. The lowest BCUT2D eigenvalue weighted by atomic mass is 10.0. The Kier molecular flexibility index (Phi) is 4.18. The van der Waals surface area contributed by atoms with Gasteiger partial charge in [0, 0.05) is 23.5 Å². The molecular formula is C14H12N4O2. The average molecular weight is 268 g/mol. The van der Waals surface area contributed by atoms with Crippen LogP contribution in [0.1, 0.15) is 11.1 Å². The highest BCUT2D eigenvalue weighted by molar-refractivity contribution is 6.34. The topological polar surface area (TPSA) is 97.4 Å². The summed E-state index contributed by atoms with van der Waals surface area (Å²) in [5.74, 6) is -2.05. The van der Waals surface area contributed by atoms with E-state index in [1.165, 1.54) is 0 Å². The summed E-state index contributed by atoms with van der Waals surface area (Å²) in [6.45, 7) is 0. The lowest BCUT2D eigenvalue weighted by molar-refractivity contribution is -0.137. The van der Waals surface area contributed by atoms with Gasteiger partial charge in [0.2, 0.25) is 0 Å². The van der Waals surface area contributed by atoms with Crippen LogP contribution >= 0.6 is 0 Å². The third-order valence-electron chi connectivity index (χ3n) is 2.49. The van der Waals surface area contributed by atoms with Gasteiger partial charge in [0.05, 0.1) is 5.71 Å². The third-order valence-corrected chi connectivity index (χ3v) is 2.49. The number of amides is 2. The molecule has 2 rings (SSSR count). The molecule has 0 saturated heterocycles. The van der Waals surface area contributed by atoms with E-state index < -0.39 is 11.8 Å². The maximum Gasteiger partial charge on any atom is 0.329 e. The molecule has 0 radical (unpaired) electrons. The first kappa shape index (κ1) is 13.4. The summed E-state index contributed by atoms with van der Waals surface area (Å²) in [7, 11) is 0. The first-order valence-corrected chi connectivity index (χ1v) is 5.82. The molecular weight excluding hydrogens is 256 g/mol. The molecule has 0 aliphatic rings. The van der Waals surface area contributed by atoms with E-state index in [9.17, 15) is 9.59 Å². The Morgan fingerprint density at radius 3 is 2.20 bits per heavy atom. The van der Waals surface area contributed by atoms with Crippen molar-refractivity contribution in [1.82, 2.24) is 10.4 Å². The molecule has 0 spiro atoms. The molecule has 100 valence electrons. The number of hydrogen-bond donors (Lipinski definition) is 2. The standard InChI is InChI=1S/C14H12N4O2/c15-13(19)14(20)18-17-12(10-4-2-1-3-5-10)11-6-8-16-9-7-11/h1-9H,(H2,15,19)(H,18,20)/b17-12+. The molecule has 3 N–H and O–H groups in total. The first-order chi connectivity index (χ1) is 9.68. The monoisotopic (exact) mass is 268 g/mol. The quantitative estimate of drug-likeness (QED) is 0.480. The Bertz CT molecular complexity index is 597. The summed E-state index contributed by atoms with van der Waals surface area (Å²) >= 11 is 0. The zero-order valence-corrected chi connectivity index (χ0v) is 10.5. The van der Waals surface area contributed by atoms with Gasteiger partial charge in [-0.3, -0.25) is 14.6 Å². The molecule has 0 aliphatic heterocycles. The van der Waals surface area contributed by atoms with Gasteiger partial charge in [0.25, 0.3) is 0 Å². The minimum Gasteiger partial charge on any atom is -0.361 e. The number of benzene rings is 1. The molecule has 0 atom stereocenters. The third kappa shape index (κ3) is 3.26. The Morgan fingerprint density at radius 2 is 1.60 bits per heavy atom. The van der Waals surface area contributed by atoms with Crippen molar-refractivity contribution in [3.8, 4) is 0 Å². The van der Waals surface area contributed by atoms with Gasteiger partial charge in [0.15, 0.2) is 0 Å². The van der Waals surface area contributed by atoms with Gasteiger partial charge in [-0.15, -0.1) is 0 Å². The Labute approximate surface area is 115 Å². The van der Waals surface area contributed by atoms with Gasteiger partial charge < -0.3 is 5.73 Å². The van der Waals surface area contributed by atoms with Crippen LogP contribution in [0.25, 0.3) is 0 Å². The van der Waals surface area contributed by atoms with Crippen molar-refractivity contribution in [2.45, 2.75) is 0 Å². The largest absolute Gasteiger partial charge is 0.361 e. The number of nitrogens with one attached hydrogen (secondary N) is 1. The lowest BCUT2D eigenvalue weighted by Crippen LogP contribution is -2.33. The number of rotatable bonds is 3. The van der Waals surface area contributed by atoms with E-state index in [1.807, 2.05) is 30.3 Å². The van der Waals surface area contributed by atoms with Crippen molar-refractivity contribution in [3.63, 3.8) is 0 Å². The molecule has 20 heavy (non-hydrogen) atoms. The van der Waals surface area contributed by atoms with E-state index in [0.29, 0.717) is 5.71 Å². The van der Waals surface area contributed by atoms with Crippen molar-refractivity contribution in [3.05, 3.63) is 66.0 Å². The van der Waals surface area contributed by atoms with Crippen LogP contribution in [0.3, 0.4) is 0 Å². The maximum absolute atomic E-state index is 11.2. The van der Waals surface area contributed by atoms with E-state index in [2.05, 4.69) is 15.5 Å². The van der Waals surface area contributed by atoms with Crippen LogP contribution in [0, 0.1) is 0 Å². The molecule has 0 aliphatic carbocycles. The molecule has 2 amide bonds. The number of carbonyl (C=O) groups is 2. The fourth-order valence-corrected chi connectivity index (χ4v) is 1.56. The van der Waals surface area contributed by atoms with Gasteiger partial charge >= 0.3 is 11.8 Å². The minimum atomic E-state index is -1.09. The molecule has 6 heteroatoms. The number of carbonyl (C=O) groups excluding carboxylic acids is 2. The zero-order valence-electron chi connectivity index (χ0n) is 10.5. The van der Waals surface area contributed by atoms with Crippen molar-refractivity contribution < 1.29 is 9.59 Å². The predicted octanol–water partition coefficient (Wildman–Crippen LogP) is 0.436. The van der Waals surface area contributed by atoms with E-state index in [4.69, 9.17) is 5.73 Å². The van der Waals surface area contributed by atoms with E-state index in [0.717, 1.165) is 11.1 Å². The second-order valence-corrected chi connectivity index (χ2v) is 3.87. The van der Waals surface area contributed by atoms with Crippen LogP contribution in [-0.2, 0) is 9.59 Å². The highest BCUT2D eigenvalue weighted by atomic mass is 16.2. The van der Waals surface area contributed by atoms with Crippen molar-refractivity contribution in [1.29, 1.82) is 0 Å². The molecule has 1 heterocycles. The van der Waals surface area contributed by atoms with Crippen molar-refractivity contribution in [2.75, 3.05) is 0 Å². The Morgan fingerprint density at radius 1 is 1.00 bits per heavy atom. The fraction of sp³-hybridized carbons (Fsp3) is 0. The minimum absolute atomic E-state index is 0.516. The summed E-state index contributed by atoms with van der Waals surface area (Å²) < 4.78 is 0. The molecule has 0 unspecified atom stereocenters. The van der Waals surface area contributed by atoms with Crippen molar-refractivity contribution >= 4 is 17.5 Å². The van der Waals surface area contributed by atoms with Gasteiger partial charge in [0.1, 0.15) is 0 Å². The molecule has 0 bridgehead atoms. The first-order valence-electron chi connectivity index (χ1n) is 5.82. The molecule has 1 aromatic carbocycles. The zero-order chi connectivity index (χ0) is 14.4. The Hall–Kier alpha value is -3.02. The van der Waals surface area contributed by atoms with Crippen LogP contribution < -0.4 is 11.2 Å². The van der Waals surface area contributed by atoms with E-state index in [-0.39, 0.29) is 0 Å². The summed E-state index contributed by atoms with van der Waals surface area (Å²) in [5, 5.41) is 3.97. The molecule has 0 saturated carbocycles. The summed E-state index contributed by atoms with van der Waals surface area (Å²) in [4.78, 5) is 25.8. The summed E-state index contributed by atoms with van der Waals surface area (Å²) in [5.41, 5.74) is 9.07. The van der Waals surface area contributed by atoms with Crippen LogP contribution in [0.4, 0.5) is 0 Å². The molecule has 1 aromatic heterocycles. The fourth-order valence-electron chi connectivity index (χ4n) is 1.56. The molecule has 6 nitrogen and oxygen atoms in total. The number of hydrogen-bond acceptors (Lipinski definition) is 4. The number of hydrazone groups is 1. The number of primary amides is 1. The number of nitrogens with zero attached hydrogens (tertiary/aromatic N) is 2. The smallest absolute Gasteiger partial charge is 0.329 e. The van der Waals surface area contributed by atoms with Crippen LogP contribution in [0.5, 0.6) is 0 Å². The van der Waals surface area contributed by atoms with Gasteiger partial charge in [-0.05, 0) is 12.1 Å². The van der Waals surface area contributed by atoms with E-state index in [1.54, 1.807) is 24.5 Å². The highest BCUT2D eigenvalue weighted by Crippen LogP contribution is 2.09. The average Bonchev–Trinajstić information content (AvgIpc) is 2.49. The normalized spacial score (nSPS) is 10.9. The van der Waals surface area contributed by atoms with Crippen LogP contribution in [0.2, 0.25) is 0 Å². The number of pyridine rings is 1. The number of aromatic nitrogens is 1. The van der Waals surface area contributed by atoms with Gasteiger partial charge in [-0.2, -0.15) is 5.10 Å². The maximum atomic E-state index is 11.2. The molecule has 2 aromatic rings. The summed E-state index contributed by atoms with van der Waals surface area (Å²) in [6.07, 6.45) is 3.23. The number of nitrogens with two attached hydrogens (primary N) is 1. The van der Waals surface area contributed by atoms with Crippen LogP contribution in [0.15, 0.2) is 60.0 Å². The van der Waals surface area contributed by atoms with Crippen LogP contribution in [-0.4, -0.2) is 22.5 Å². The SMILES string of the molecule is NC(=O)C(=O)N/N=C(\c1ccccc1)c1ccncc1. The predicted molar refractivity (Wildman–Crippen MR) is 73.7 cm³/mol. The van der Waals surface area contributed by atoms with Gasteiger partial charge in [-0.1, -0.05) is 30.3 Å². The lowest BCUT2D eigenvalue weighted by Gasteiger charge is -2.06. The Balaban J connectivity index is 2.38. The summed E-state index contributed by atoms with van der Waals surface area (Å²) in [6, 6.07) is 12.8. The van der Waals surface area contributed by atoms with E-state index >= 15 is 0 Å².